The number of nitriles is 1. The molecule has 1 aromatic heterocycles. The Kier molecular flexibility index (Phi) is 2.74. The van der Waals surface area contributed by atoms with Crippen LogP contribution in [0, 0.1) is 11.3 Å². The smallest absolute Gasteiger partial charge is 0.323 e. The highest BCUT2D eigenvalue weighted by atomic mass is 16.5. The number of aliphatic hydroxyl groups excluding tert-OH is 1. The van der Waals surface area contributed by atoms with Crippen molar-refractivity contribution < 1.29 is 14.4 Å². The summed E-state index contributed by atoms with van der Waals surface area (Å²) in [6, 6.07) is 1.37. The number of rotatable bonds is 3. The van der Waals surface area contributed by atoms with Crippen LogP contribution in [0.25, 0.3) is 0 Å². The van der Waals surface area contributed by atoms with E-state index in [4.69, 9.17) is 10.4 Å². The van der Waals surface area contributed by atoms with Crippen LogP contribution in [-0.4, -0.2) is 35.5 Å². The van der Waals surface area contributed by atoms with Gasteiger partial charge in [-0.25, -0.2) is 4.79 Å². The molecular formula is C9H10N4O3. The second kappa shape index (κ2) is 4.20. The Morgan fingerprint density at radius 2 is 2.62 bits per heavy atom. The van der Waals surface area contributed by atoms with Gasteiger partial charge in [-0.1, -0.05) is 5.16 Å². The van der Waals surface area contributed by atoms with E-state index in [-0.39, 0.29) is 30.1 Å². The molecule has 7 nitrogen and oxygen atoms in total. The zero-order valence-corrected chi connectivity index (χ0v) is 8.38. The molecule has 0 aliphatic carbocycles. The van der Waals surface area contributed by atoms with Crippen molar-refractivity contribution in [3.63, 3.8) is 0 Å². The monoisotopic (exact) mass is 222 g/mol. The summed E-state index contributed by atoms with van der Waals surface area (Å²) in [5.74, 6) is 0.205. The lowest BCUT2D eigenvalue weighted by Crippen LogP contribution is -2.35. The average Bonchev–Trinajstić information content (AvgIpc) is 2.85. The Morgan fingerprint density at radius 1 is 1.81 bits per heavy atom. The number of hydrogen-bond donors (Lipinski definition) is 2. The Balaban J connectivity index is 2.30. The van der Waals surface area contributed by atoms with Crippen molar-refractivity contribution in [2.45, 2.75) is 12.5 Å². The molecule has 0 spiro atoms. The highest BCUT2D eigenvalue weighted by molar-refractivity contribution is 5.95. The predicted octanol–water partition coefficient (Wildman–Crippen LogP) is -0.173. The van der Waals surface area contributed by atoms with E-state index in [1.165, 1.54) is 11.2 Å². The Bertz CT molecular complexity index is 436. The number of urea groups is 1. The van der Waals surface area contributed by atoms with Crippen LogP contribution >= 0.6 is 0 Å². The molecule has 2 heterocycles. The largest absolute Gasteiger partial charge is 0.396 e. The Morgan fingerprint density at radius 3 is 3.31 bits per heavy atom. The molecule has 1 saturated heterocycles. The molecule has 2 amide bonds. The predicted molar refractivity (Wildman–Crippen MR) is 52.6 cm³/mol. The van der Waals surface area contributed by atoms with Crippen molar-refractivity contribution in [3.8, 4) is 6.07 Å². The minimum atomic E-state index is -0.330. The summed E-state index contributed by atoms with van der Waals surface area (Å²) < 4.78 is 4.67. The third-order valence-corrected chi connectivity index (χ3v) is 2.43. The molecule has 1 fully saturated rings. The Labute approximate surface area is 91.2 Å². The lowest BCUT2D eigenvalue weighted by atomic mass is 10.2. The number of amides is 2. The third kappa shape index (κ3) is 1.59. The fraction of sp³-hybridized carbons (Fsp3) is 0.444. The minimum absolute atomic E-state index is 0.0319. The van der Waals surface area contributed by atoms with Crippen molar-refractivity contribution >= 4 is 11.8 Å². The van der Waals surface area contributed by atoms with Crippen molar-refractivity contribution in [3.05, 3.63) is 11.8 Å². The van der Waals surface area contributed by atoms with Gasteiger partial charge in [-0.05, 0) is 6.42 Å². The maximum atomic E-state index is 11.6. The van der Waals surface area contributed by atoms with E-state index < -0.39 is 0 Å². The maximum Gasteiger partial charge on any atom is 0.323 e. The highest BCUT2D eigenvalue weighted by Gasteiger charge is 2.34. The van der Waals surface area contributed by atoms with Crippen LogP contribution < -0.4 is 10.2 Å². The van der Waals surface area contributed by atoms with Gasteiger partial charge in [0.1, 0.15) is 17.9 Å². The van der Waals surface area contributed by atoms with Gasteiger partial charge in [0.2, 0.25) is 0 Å². The lowest BCUT2D eigenvalue weighted by molar-refractivity contribution is 0.250. The molecule has 1 unspecified atom stereocenters. The molecule has 0 radical (unpaired) electrons. The second-order valence-corrected chi connectivity index (χ2v) is 3.39. The molecule has 1 aliphatic rings. The normalized spacial score (nSPS) is 19.6. The average molecular weight is 222 g/mol. The Hall–Kier alpha value is -2.07. The fourth-order valence-corrected chi connectivity index (χ4v) is 1.68. The number of anilines is 1. The summed E-state index contributed by atoms with van der Waals surface area (Å²) in [7, 11) is 0. The van der Waals surface area contributed by atoms with Crippen molar-refractivity contribution in [1.29, 1.82) is 5.26 Å². The topological polar surface area (TPSA) is 102 Å². The molecule has 2 rings (SSSR count). The molecule has 0 saturated carbocycles. The fourth-order valence-electron chi connectivity index (χ4n) is 1.68. The first-order valence-electron chi connectivity index (χ1n) is 4.80. The van der Waals surface area contributed by atoms with Crippen LogP contribution in [0.2, 0.25) is 0 Å². The molecule has 1 aromatic rings. The first-order valence-corrected chi connectivity index (χ1v) is 4.80. The first kappa shape index (κ1) is 10.4. The van der Waals surface area contributed by atoms with Crippen molar-refractivity contribution in [2.24, 2.45) is 0 Å². The van der Waals surface area contributed by atoms with E-state index in [0.717, 1.165) is 0 Å². The standard InChI is InChI=1S/C9H10N4O3/c10-3-6-5-16-12-8(6)13-7(1-2-14)4-11-9(13)15/h5,7,14H,1-2,4H2,(H,11,15). The molecule has 0 bridgehead atoms. The molecule has 16 heavy (non-hydrogen) atoms. The zero-order chi connectivity index (χ0) is 11.5. The molecule has 84 valence electrons. The van der Waals surface area contributed by atoms with Gasteiger partial charge in [0.15, 0.2) is 5.82 Å². The molecule has 2 N–H and O–H groups in total. The van der Waals surface area contributed by atoms with Gasteiger partial charge < -0.3 is 14.9 Å². The highest BCUT2D eigenvalue weighted by Crippen LogP contribution is 2.23. The molecule has 0 aromatic carbocycles. The molecule has 7 heteroatoms. The summed E-state index contributed by atoms with van der Waals surface area (Å²) in [6.07, 6.45) is 1.62. The van der Waals surface area contributed by atoms with Crippen LogP contribution in [0.5, 0.6) is 0 Å². The van der Waals surface area contributed by atoms with E-state index in [9.17, 15) is 4.79 Å². The number of carbonyl (C=O) groups excluding carboxylic acids is 1. The van der Waals surface area contributed by atoms with Gasteiger partial charge in [0, 0.05) is 13.2 Å². The summed E-state index contributed by atoms with van der Waals surface area (Å²) >= 11 is 0. The van der Waals surface area contributed by atoms with Crippen molar-refractivity contribution in [1.82, 2.24) is 10.5 Å². The minimum Gasteiger partial charge on any atom is -0.396 e. The summed E-state index contributed by atoms with van der Waals surface area (Å²) in [5.41, 5.74) is 0.208. The van der Waals surface area contributed by atoms with Gasteiger partial charge in [0.25, 0.3) is 0 Å². The molecule has 1 aliphatic heterocycles. The number of nitrogens with one attached hydrogen (secondary N) is 1. The van der Waals surface area contributed by atoms with Crippen LogP contribution in [0.4, 0.5) is 10.6 Å². The van der Waals surface area contributed by atoms with E-state index >= 15 is 0 Å². The lowest BCUT2D eigenvalue weighted by Gasteiger charge is -2.19. The third-order valence-electron chi connectivity index (χ3n) is 2.43. The van der Waals surface area contributed by atoms with Gasteiger partial charge in [-0.3, -0.25) is 4.90 Å². The van der Waals surface area contributed by atoms with E-state index in [1.54, 1.807) is 0 Å². The number of aliphatic hydroxyl groups is 1. The van der Waals surface area contributed by atoms with Crippen molar-refractivity contribution in [2.75, 3.05) is 18.1 Å². The first-order chi connectivity index (χ1) is 7.77. The maximum absolute atomic E-state index is 11.6. The molecule has 1 atom stereocenters. The molecular weight excluding hydrogens is 212 g/mol. The zero-order valence-electron chi connectivity index (χ0n) is 8.38. The van der Waals surface area contributed by atoms with Gasteiger partial charge in [-0.15, -0.1) is 0 Å². The quantitative estimate of drug-likeness (QED) is 0.738. The van der Waals surface area contributed by atoms with Gasteiger partial charge >= 0.3 is 6.03 Å². The van der Waals surface area contributed by atoms with E-state index in [2.05, 4.69) is 15.0 Å². The van der Waals surface area contributed by atoms with Crippen LogP contribution in [-0.2, 0) is 0 Å². The van der Waals surface area contributed by atoms with Crippen LogP contribution in [0.3, 0.4) is 0 Å². The van der Waals surface area contributed by atoms with Crippen LogP contribution in [0.1, 0.15) is 12.0 Å². The summed E-state index contributed by atoms with van der Waals surface area (Å²) in [5, 5.41) is 24.0. The van der Waals surface area contributed by atoms with Gasteiger partial charge in [0.05, 0.1) is 6.04 Å². The van der Waals surface area contributed by atoms with E-state index in [1.807, 2.05) is 6.07 Å². The second-order valence-electron chi connectivity index (χ2n) is 3.39. The van der Waals surface area contributed by atoms with E-state index in [0.29, 0.717) is 13.0 Å². The number of hydrogen-bond acceptors (Lipinski definition) is 5. The summed E-state index contributed by atoms with van der Waals surface area (Å²) in [4.78, 5) is 12.9. The number of carbonyl (C=O) groups is 1. The SMILES string of the molecule is N#Cc1conc1N1C(=O)NCC1CCO. The van der Waals surface area contributed by atoms with Crippen LogP contribution in [0.15, 0.2) is 10.8 Å². The number of aromatic nitrogens is 1. The van der Waals surface area contributed by atoms with Gasteiger partial charge in [-0.2, -0.15) is 5.26 Å². The number of nitrogens with zero attached hydrogens (tertiary/aromatic N) is 3. The summed E-state index contributed by atoms with van der Waals surface area (Å²) in [6.45, 7) is 0.396.